The summed E-state index contributed by atoms with van der Waals surface area (Å²) in [7, 11) is 0. The molecule has 1 aliphatic heterocycles. The Morgan fingerprint density at radius 1 is 1.33 bits per heavy atom. The van der Waals surface area contributed by atoms with Crippen molar-refractivity contribution in [3.63, 3.8) is 0 Å². The van der Waals surface area contributed by atoms with Crippen LogP contribution in [0.1, 0.15) is 18.9 Å². The number of benzene rings is 1. The molecule has 1 aromatic carbocycles. The summed E-state index contributed by atoms with van der Waals surface area (Å²) in [6, 6.07) is 10.3. The Kier molecular flexibility index (Phi) is 1.86. The maximum atomic E-state index is 5.40. The molecule has 1 nitrogen and oxygen atoms in total. The van der Waals surface area contributed by atoms with Gasteiger partial charge in [-0.05, 0) is 18.6 Å². The van der Waals surface area contributed by atoms with Crippen molar-refractivity contribution < 1.29 is 4.74 Å². The van der Waals surface area contributed by atoms with E-state index in [0.717, 1.165) is 12.2 Å². The average molecular weight is 160 g/mol. The van der Waals surface area contributed by atoms with Crippen LogP contribution >= 0.6 is 0 Å². The van der Waals surface area contributed by atoms with Gasteiger partial charge >= 0.3 is 0 Å². The standard InChI is InChI=1S/C11H12O/c1-9-7-11(12-9)8-10-5-3-2-4-6-10/h2-6,8-9H,7H2,1H3. The molecular formula is C11H12O. The van der Waals surface area contributed by atoms with Gasteiger partial charge in [0.2, 0.25) is 0 Å². The lowest BCUT2D eigenvalue weighted by Crippen LogP contribution is -2.20. The van der Waals surface area contributed by atoms with Crippen LogP contribution in [0.5, 0.6) is 0 Å². The molecule has 1 heteroatoms. The van der Waals surface area contributed by atoms with Crippen LogP contribution in [0, 0.1) is 0 Å². The molecule has 0 spiro atoms. The Labute approximate surface area is 72.7 Å². The van der Waals surface area contributed by atoms with Gasteiger partial charge in [-0.25, -0.2) is 0 Å². The molecule has 0 aromatic heterocycles. The van der Waals surface area contributed by atoms with Gasteiger partial charge in [0.25, 0.3) is 0 Å². The highest BCUT2D eigenvalue weighted by Crippen LogP contribution is 2.25. The highest BCUT2D eigenvalue weighted by atomic mass is 16.5. The fourth-order valence-electron chi connectivity index (χ4n) is 1.36. The van der Waals surface area contributed by atoms with Crippen LogP contribution in [0.2, 0.25) is 0 Å². The largest absolute Gasteiger partial charge is 0.494 e. The molecule has 1 heterocycles. The third-order valence-electron chi connectivity index (χ3n) is 1.97. The Morgan fingerprint density at radius 3 is 2.58 bits per heavy atom. The van der Waals surface area contributed by atoms with Gasteiger partial charge < -0.3 is 4.74 Å². The van der Waals surface area contributed by atoms with E-state index in [1.807, 2.05) is 18.2 Å². The van der Waals surface area contributed by atoms with Gasteiger partial charge in [0.15, 0.2) is 0 Å². The average Bonchev–Trinajstić information content (AvgIpc) is 2.04. The lowest BCUT2D eigenvalue weighted by molar-refractivity contribution is 0.0380. The predicted molar refractivity (Wildman–Crippen MR) is 49.6 cm³/mol. The van der Waals surface area contributed by atoms with Crippen molar-refractivity contribution in [2.45, 2.75) is 19.4 Å². The molecule has 1 aromatic rings. The van der Waals surface area contributed by atoms with Crippen molar-refractivity contribution >= 4 is 6.08 Å². The molecule has 1 saturated heterocycles. The van der Waals surface area contributed by atoms with Crippen LogP contribution < -0.4 is 0 Å². The zero-order valence-electron chi connectivity index (χ0n) is 7.16. The van der Waals surface area contributed by atoms with Crippen LogP contribution in [0.15, 0.2) is 36.1 Å². The highest BCUT2D eigenvalue weighted by molar-refractivity contribution is 5.51. The molecule has 0 radical (unpaired) electrons. The van der Waals surface area contributed by atoms with E-state index in [0.29, 0.717) is 6.10 Å². The monoisotopic (exact) mass is 160 g/mol. The lowest BCUT2D eigenvalue weighted by Gasteiger charge is -2.27. The second-order valence-electron chi connectivity index (χ2n) is 3.15. The fourth-order valence-corrected chi connectivity index (χ4v) is 1.36. The maximum Gasteiger partial charge on any atom is 0.102 e. The van der Waals surface area contributed by atoms with Gasteiger partial charge in [0.05, 0.1) is 0 Å². The number of ether oxygens (including phenoxy) is 1. The van der Waals surface area contributed by atoms with Crippen molar-refractivity contribution in [3.05, 3.63) is 41.7 Å². The van der Waals surface area contributed by atoms with Crippen molar-refractivity contribution in [1.29, 1.82) is 0 Å². The normalized spacial score (nSPS) is 24.8. The summed E-state index contributed by atoms with van der Waals surface area (Å²) in [6.07, 6.45) is 3.59. The summed E-state index contributed by atoms with van der Waals surface area (Å²) in [4.78, 5) is 0. The lowest BCUT2D eigenvalue weighted by atomic mass is 10.1. The van der Waals surface area contributed by atoms with E-state index < -0.39 is 0 Å². The molecule has 12 heavy (non-hydrogen) atoms. The fraction of sp³-hybridized carbons (Fsp3) is 0.273. The van der Waals surface area contributed by atoms with Gasteiger partial charge in [-0.2, -0.15) is 0 Å². The Hall–Kier alpha value is -1.24. The van der Waals surface area contributed by atoms with Crippen LogP contribution in [-0.4, -0.2) is 6.10 Å². The van der Waals surface area contributed by atoms with Gasteiger partial charge in [-0.1, -0.05) is 30.3 Å². The van der Waals surface area contributed by atoms with Gasteiger partial charge in [0.1, 0.15) is 11.9 Å². The first-order valence-electron chi connectivity index (χ1n) is 4.27. The maximum absolute atomic E-state index is 5.40. The predicted octanol–water partition coefficient (Wildman–Crippen LogP) is 2.84. The topological polar surface area (TPSA) is 9.23 Å². The molecule has 0 saturated carbocycles. The van der Waals surface area contributed by atoms with Crippen LogP contribution in [0.25, 0.3) is 6.08 Å². The second-order valence-corrected chi connectivity index (χ2v) is 3.15. The molecule has 0 N–H and O–H groups in total. The first kappa shape index (κ1) is 7.41. The molecule has 2 rings (SSSR count). The highest BCUT2D eigenvalue weighted by Gasteiger charge is 2.18. The quantitative estimate of drug-likeness (QED) is 0.613. The Bertz CT molecular complexity index is 279. The molecule has 0 amide bonds. The van der Waals surface area contributed by atoms with Gasteiger partial charge in [0, 0.05) is 6.42 Å². The third kappa shape index (κ3) is 1.50. The van der Waals surface area contributed by atoms with E-state index in [9.17, 15) is 0 Å². The summed E-state index contributed by atoms with van der Waals surface area (Å²) in [5, 5.41) is 0. The van der Waals surface area contributed by atoms with Gasteiger partial charge in [-0.3, -0.25) is 0 Å². The molecule has 1 fully saturated rings. The van der Waals surface area contributed by atoms with E-state index in [1.54, 1.807) is 0 Å². The molecule has 1 aliphatic rings. The summed E-state index contributed by atoms with van der Waals surface area (Å²) >= 11 is 0. The minimum atomic E-state index is 0.417. The van der Waals surface area contributed by atoms with Crippen molar-refractivity contribution in [2.75, 3.05) is 0 Å². The molecule has 0 aliphatic carbocycles. The first-order valence-corrected chi connectivity index (χ1v) is 4.27. The number of rotatable bonds is 1. The molecule has 62 valence electrons. The minimum absolute atomic E-state index is 0.417. The Balaban J connectivity index is 2.09. The van der Waals surface area contributed by atoms with Crippen molar-refractivity contribution in [1.82, 2.24) is 0 Å². The van der Waals surface area contributed by atoms with E-state index in [1.165, 1.54) is 5.56 Å². The van der Waals surface area contributed by atoms with Crippen LogP contribution in [0.3, 0.4) is 0 Å². The Morgan fingerprint density at radius 2 is 2.00 bits per heavy atom. The molecule has 1 unspecified atom stereocenters. The van der Waals surface area contributed by atoms with E-state index >= 15 is 0 Å². The first-order chi connectivity index (χ1) is 5.84. The van der Waals surface area contributed by atoms with Crippen LogP contribution in [-0.2, 0) is 4.74 Å². The number of hydrogen-bond donors (Lipinski definition) is 0. The summed E-state index contributed by atoms with van der Waals surface area (Å²) in [6.45, 7) is 2.09. The van der Waals surface area contributed by atoms with E-state index in [2.05, 4.69) is 25.1 Å². The zero-order valence-corrected chi connectivity index (χ0v) is 7.16. The molecule has 1 atom stereocenters. The number of hydrogen-bond acceptors (Lipinski definition) is 1. The molecule has 0 bridgehead atoms. The zero-order chi connectivity index (χ0) is 8.39. The smallest absolute Gasteiger partial charge is 0.102 e. The van der Waals surface area contributed by atoms with Gasteiger partial charge in [-0.15, -0.1) is 0 Å². The minimum Gasteiger partial charge on any atom is -0.494 e. The summed E-state index contributed by atoms with van der Waals surface area (Å²) in [5.74, 6) is 1.11. The third-order valence-corrected chi connectivity index (χ3v) is 1.97. The van der Waals surface area contributed by atoms with E-state index in [-0.39, 0.29) is 0 Å². The second kappa shape index (κ2) is 3.02. The van der Waals surface area contributed by atoms with Crippen molar-refractivity contribution in [2.24, 2.45) is 0 Å². The van der Waals surface area contributed by atoms with Crippen molar-refractivity contribution in [3.8, 4) is 0 Å². The van der Waals surface area contributed by atoms with E-state index in [4.69, 9.17) is 4.74 Å². The molecular weight excluding hydrogens is 148 g/mol. The summed E-state index contributed by atoms with van der Waals surface area (Å²) < 4.78 is 5.40. The van der Waals surface area contributed by atoms with Crippen LogP contribution in [0.4, 0.5) is 0 Å². The SMILES string of the molecule is CC1CC(=Cc2ccccc2)O1. The summed E-state index contributed by atoms with van der Waals surface area (Å²) in [5.41, 5.74) is 1.22.